The molecular weight excluding hydrogens is 264 g/mol. The largest absolute Gasteiger partial charge is 0.323 e. The van der Waals surface area contributed by atoms with Crippen molar-refractivity contribution in [2.24, 2.45) is 17.8 Å². The summed E-state index contributed by atoms with van der Waals surface area (Å²) in [4.78, 5) is 16.8. The second-order valence-electron chi connectivity index (χ2n) is 5.95. The number of anilines is 1. The minimum Gasteiger partial charge on any atom is -0.323 e. The summed E-state index contributed by atoms with van der Waals surface area (Å²) < 4.78 is 1.68. The van der Waals surface area contributed by atoms with Gasteiger partial charge in [0, 0.05) is 24.5 Å². The molecule has 108 valence electrons. The third kappa shape index (κ3) is 2.22. The van der Waals surface area contributed by atoms with Crippen molar-refractivity contribution in [3.05, 3.63) is 36.8 Å². The molecule has 0 aliphatic heterocycles. The number of amides is 1. The minimum absolute atomic E-state index is 0.147. The molecule has 0 aromatic carbocycles. The molecule has 0 radical (unpaired) electrons. The highest BCUT2D eigenvalue weighted by atomic mass is 16.2. The molecule has 2 aromatic heterocycles. The number of rotatable bonds is 3. The monoisotopic (exact) mass is 282 g/mol. The molecule has 0 spiro atoms. The average Bonchev–Trinajstić information content (AvgIpc) is 2.99. The number of nitrogens with zero attached hydrogens (tertiary/aromatic N) is 3. The summed E-state index contributed by atoms with van der Waals surface area (Å²) in [5, 5.41) is 7.24. The molecule has 21 heavy (non-hydrogen) atoms. The molecule has 0 bridgehead atoms. The Labute approximate surface area is 123 Å². The van der Waals surface area contributed by atoms with E-state index in [-0.39, 0.29) is 11.8 Å². The summed E-state index contributed by atoms with van der Waals surface area (Å²) in [5.41, 5.74) is 0.731. The molecule has 2 heterocycles. The second kappa shape index (κ2) is 4.98. The molecule has 2 aliphatic carbocycles. The van der Waals surface area contributed by atoms with Crippen molar-refractivity contribution in [2.45, 2.75) is 25.7 Å². The van der Waals surface area contributed by atoms with Crippen molar-refractivity contribution in [1.82, 2.24) is 14.8 Å². The number of aromatic nitrogens is 3. The Bertz CT molecular complexity index is 640. The Morgan fingerprint density at radius 3 is 2.71 bits per heavy atom. The summed E-state index contributed by atoms with van der Waals surface area (Å²) in [6, 6.07) is 5.56. The first-order chi connectivity index (χ1) is 10.3. The molecular formula is C16H18N4O. The quantitative estimate of drug-likeness (QED) is 0.941. The number of nitrogens with one attached hydrogen (secondary N) is 1. The van der Waals surface area contributed by atoms with E-state index < -0.39 is 0 Å². The molecule has 2 fully saturated rings. The zero-order valence-corrected chi connectivity index (χ0v) is 11.8. The van der Waals surface area contributed by atoms with E-state index in [1.54, 1.807) is 17.1 Å². The van der Waals surface area contributed by atoms with Crippen LogP contribution < -0.4 is 5.32 Å². The second-order valence-corrected chi connectivity index (χ2v) is 5.95. The van der Waals surface area contributed by atoms with Crippen molar-refractivity contribution in [3.8, 4) is 5.82 Å². The Morgan fingerprint density at radius 2 is 2.00 bits per heavy atom. The molecule has 2 aromatic rings. The lowest BCUT2D eigenvalue weighted by Gasteiger charge is -2.09. The van der Waals surface area contributed by atoms with E-state index in [0.29, 0.717) is 17.7 Å². The fourth-order valence-electron chi connectivity index (χ4n) is 3.67. The maximum absolute atomic E-state index is 12.5. The molecule has 1 N–H and O–H groups in total. The lowest BCUT2D eigenvalue weighted by atomic mass is 10.0. The highest BCUT2D eigenvalue weighted by Gasteiger charge is 2.54. The van der Waals surface area contributed by atoms with Gasteiger partial charge >= 0.3 is 0 Å². The summed E-state index contributed by atoms with van der Waals surface area (Å²) in [5.74, 6) is 2.25. The number of pyridine rings is 1. The molecule has 0 saturated heterocycles. The van der Waals surface area contributed by atoms with Crippen molar-refractivity contribution >= 4 is 11.6 Å². The fourth-order valence-corrected chi connectivity index (χ4v) is 3.67. The van der Waals surface area contributed by atoms with Crippen LogP contribution >= 0.6 is 0 Å². The number of carbonyl (C=O) groups excluding carboxylic acids is 1. The standard InChI is InChI=1S/C16H18N4O/c21-16(14-11-5-1-2-6-12(11)14)19-13-7-3-8-17-15(13)20-10-4-9-18-20/h3-4,7-12,14H,1-2,5-6H2,(H,19,21)/t11-,12-/m1/s1. The first-order valence-corrected chi connectivity index (χ1v) is 7.60. The molecule has 0 unspecified atom stereocenters. The topological polar surface area (TPSA) is 59.8 Å². The van der Waals surface area contributed by atoms with Crippen LogP contribution in [-0.2, 0) is 4.79 Å². The van der Waals surface area contributed by atoms with Gasteiger partial charge in [-0.2, -0.15) is 5.10 Å². The van der Waals surface area contributed by atoms with Crippen molar-refractivity contribution in [2.75, 3.05) is 5.32 Å². The van der Waals surface area contributed by atoms with Crippen LogP contribution in [0.15, 0.2) is 36.8 Å². The van der Waals surface area contributed by atoms with Crippen LogP contribution in [0.25, 0.3) is 5.82 Å². The van der Waals surface area contributed by atoms with Gasteiger partial charge in [0.2, 0.25) is 5.91 Å². The van der Waals surface area contributed by atoms with Gasteiger partial charge in [-0.1, -0.05) is 12.8 Å². The summed E-state index contributed by atoms with van der Waals surface area (Å²) in [6.45, 7) is 0. The number of carbonyl (C=O) groups is 1. The van der Waals surface area contributed by atoms with Gasteiger partial charge in [-0.25, -0.2) is 9.67 Å². The summed E-state index contributed by atoms with van der Waals surface area (Å²) in [7, 11) is 0. The number of hydrogen-bond acceptors (Lipinski definition) is 3. The van der Waals surface area contributed by atoms with Crippen molar-refractivity contribution in [1.29, 1.82) is 0 Å². The maximum Gasteiger partial charge on any atom is 0.228 e. The van der Waals surface area contributed by atoms with Crippen LogP contribution in [-0.4, -0.2) is 20.7 Å². The zero-order chi connectivity index (χ0) is 14.2. The van der Waals surface area contributed by atoms with E-state index in [9.17, 15) is 4.79 Å². The van der Waals surface area contributed by atoms with Crippen molar-refractivity contribution < 1.29 is 4.79 Å². The minimum atomic E-state index is 0.147. The van der Waals surface area contributed by atoms with E-state index >= 15 is 0 Å². The molecule has 5 nitrogen and oxygen atoms in total. The van der Waals surface area contributed by atoms with Gasteiger partial charge in [-0.05, 0) is 42.9 Å². The molecule has 4 rings (SSSR count). The van der Waals surface area contributed by atoms with Crippen LogP contribution in [0.3, 0.4) is 0 Å². The predicted octanol–water partition coefficient (Wildman–Crippen LogP) is 2.64. The lowest BCUT2D eigenvalue weighted by Crippen LogP contribution is -2.17. The van der Waals surface area contributed by atoms with Gasteiger partial charge in [-0.15, -0.1) is 0 Å². The summed E-state index contributed by atoms with van der Waals surface area (Å²) in [6.07, 6.45) is 10.2. The third-order valence-electron chi connectivity index (χ3n) is 4.73. The van der Waals surface area contributed by atoms with Crippen LogP contribution in [0.5, 0.6) is 0 Å². The molecule has 1 amide bonds. The number of hydrogen-bond donors (Lipinski definition) is 1. The Hall–Kier alpha value is -2.17. The van der Waals surface area contributed by atoms with Gasteiger partial charge in [-0.3, -0.25) is 4.79 Å². The predicted molar refractivity (Wildman–Crippen MR) is 78.9 cm³/mol. The fraction of sp³-hybridized carbons (Fsp3) is 0.438. The molecule has 2 atom stereocenters. The Kier molecular flexibility index (Phi) is 2.98. The smallest absolute Gasteiger partial charge is 0.228 e. The van der Waals surface area contributed by atoms with E-state index in [0.717, 1.165) is 5.69 Å². The van der Waals surface area contributed by atoms with Crippen LogP contribution in [0.2, 0.25) is 0 Å². The normalized spacial score (nSPS) is 27.0. The summed E-state index contributed by atoms with van der Waals surface area (Å²) >= 11 is 0. The average molecular weight is 282 g/mol. The highest BCUT2D eigenvalue weighted by Crippen LogP contribution is 2.55. The lowest BCUT2D eigenvalue weighted by molar-refractivity contribution is -0.117. The van der Waals surface area contributed by atoms with Gasteiger partial charge in [0.25, 0.3) is 0 Å². The van der Waals surface area contributed by atoms with E-state index in [4.69, 9.17) is 0 Å². The van der Waals surface area contributed by atoms with Gasteiger partial charge in [0.05, 0.1) is 5.69 Å². The number of fused-ring (bicyclic) bond motifs is 1. The van der Waals surface area contributed by atoms with E-state index in [1.807, 2.05) is 24.4 Å². The highest BCUT2D eigenvalue weighted by molar-refractivity contribution is 5.96. The van der Waals surface area contributed by atoms with E-state index in [1.165, 1.54) is 25.7 Å². The first kappa shape index (κ1) is 12.6. The van der Waals surface area contributed by atoms with Crippen molar-refractivity contribution in [3.63, 3.8) is 0 Å². The van der Waals surface area contributed by atoms with Gasteiger partial charge in [0.15, 0.2) is 5.82 Å². The van der Waals surface area contributed by atoms with E-state index in [2.05, 4.69) is 15.4 Å². The molecule has 2 aliphatic rings. The SMILES string of the molecule is O=C(Nc1cccnc1-n1cccn1)C1[C@@H]2CCCC[C@@H]12. The van der Waals surface area contributed by atoms with Gasteiger partial charge < -0.3 is 5.32 Å². The van der Waals surface area contributed by atoms with Gasteiger partial charge in [0.1, 0.15) is 0 Å². The van der Waals surface area contributed by atoms with Crippen LogP contribution in [0, 0.1) is 17.8 Å². The molecule has 5 heteroatoms. The first-order valence-electron chi connectivity index (χ1n) is 7.60. The molecule has 2 saturated carbocycles. The van der Waals surface area contributed by atoms with Crippen LogP contribution in [0.4, 0.5) is 5.69 Å². The third-order valence-corrected chi connectivity index (χ3v) is 4.73. The Balaban J connectivity index is 1.54. The zero-order valence-electron chi connectivity index (χ0n) is 11.8. The Morgan fingerprint density at radius 1 is 1.19 bits per heavy atom. The maximum atomic E-state index is 12.5. The van der Waals surface area contributed by atoms with Crippen LogP contribution in [0.1, 0.15) is 25.7 Å².